The maximum absolute atomic E-state index is 11.7. The summed E-state index contributed by atoms with van der Waals surface area (Å²) in [6.45, 7) is 5.17. The number of carboxylic acids is 1. The highest BCUT2D eigenvalue weighted by Gasteiger charge is 2.18. The van der Waals surface area contributed by atoms with Gasteiger partial charge in [0.25, 0.3) is 0 Å². The Morgan fingerprint density at radius 3 is 2.04 bits per heavy atom. The zero-order valence-corrected chi connectivity index (χ0v) is 16.1. The first-order valence-electron chi connectivity index (χ1n) is 7.99. The Morgan fingerprint density at radius 2 is 1.58 bits per heavy atom. The molecule has 0 aromatic heterocycles. The van der Waals surface area contributed by atoms with Crippen molar-refractivity contribution in [3.05, 3.63) is 52.0 Å². The fourth-order valence-electron chi connectivity index (χ4n) is 2.08. The van der Waals surface area contributed by atoms with Crippen molar-refractivity contribution in [3.63, 3.8) is 0 Å². The number of carbonyl (C=O) groups excluding carboxylic acids is 1. The number of carboxylic acid groups (broad SMARTS) is 1. The molecule has 138 valence electrons. The van der Waals surface area contributed by atoms with Crippen LogP contribution in [0.3, 0.4) is 0 Å². The molecule has 0 aliphatic rings. The Bertz CT molecular complexity index is 796. The third-order valence-corrected chi connectivity index (χ3v) is 4.32. The van der Waals surface area contributed by atoms with Crippen molar-refractivity contribution in [2.45, 2.75) is 26.7 Å². The van der Waals surface area contributed by atoms with Crippen LogP contribution < -0.4 is 10.1 Å². The second-order valence-corrected chi connectivity index (χ2v) is 6.96. The summed E-state index contributed by atoms with van der Waals surface area (Å²) in [6, 6.07) is 9.82. The fourth-order valence-corrected chi connectivity index (χ4v) is 2.66. The molecule has 26 heavy (non-hydrogen) atoms. The number of rotatable bonds is 6. The van der Waals surface area contributed by atoms with Gasteiger partial charge in [-0.2, -0.15) is 0 Å². The van der Waals surface area contributed by atoms with Crippen LogP contribution in [0.5, 0.6) is 11.5 Å². The predicted octanol–water partition coefficient (Wildman–Crippen LogP) is 5.57. The van der Waals surface area contributed by atoms with Crippen LogP contribution in [0.25, 0.3) is 0 Å². The first-order valence-corrected chi connectivity index (χ1v) is 8.75. The lowest BCUT2D eigenvalue weighted by atomic mass is 10.0. The molecule has 0 saturated carbocycles. The van der Waals surface area contributed by atoms with Gasteiger partial charge in [0.15, 0.2) is 5.75 Å². The van der Waals surface area contributed by atoms with Crippen molar-refractivity contribution in [1.29, 1.82) is 0 Å². The van der Waals surface area contributed by atoms with E-state index in [0.717, 1.165) is 0 Å². The topological polar surface area (TPSA) is 75.6 Å². The van der Waals surface area contributed by atoms with Crippen LogP contribution in [0.2, 0.25) is 10.0 Å². The molecule has 0 bridgehead atoms. The number of benzene rings is 2. The van der Waals surface area contributed by atoms with Gasteiger partial charge >= 0.3 is 5.97 Å². The number of hydrogen-bond donors (Lipinski definition) is 2. The molecule has 1 atom stereocenters. The summed E-state index contributed by atoms with van der Waals surface area (Å²) in [7, 11) is 0. The van der Waals surface area contributed by atoms with E-state index in [2.05, 4.69) is 5.32 Å². The van der Waals surface area contributed by atoms with Crippen molar-refractivity contribution < 1.29 is 19.4 Å². The second kappa shape index (κ2) is 8.43. The van der Waals surface area contributed by atoms with E-state index in [4.69, 9.17) is 33.0 Å². The third-order valence-electron chi connectivity index (χ3n) is 3.76. The minimum atomic E-state index is -0.968. The minimum Gasteiger partial charge on any atom is -0.481 e. The molecular formula is C19H19Cl2NO4. The largest absolute Gasteiger partial charge is 0.481 e. The normalized spacial score (nSPS) is 11.9. The van der Waals surface area contributed by atoms with Gasteiger partial charge in [-0.1, -0.05) is 37.0 Å². The molecular weight excluding hydrogens is 377 g/mol. The molecule has 0 radical (unpaired) electrons. The van der Waals surface area contributed by atoms with Gasteiger partial charge in [0.2, 0.25) is 5.91 Å². The van der Waals surface area contributed by atoms with Crippen LogP contribution in [-0.4, -0.2) is 17.0 Å². The molecule has 2 rings (SSSR count). The van der Waals surface area contributed by atoms with Crippen molar-refractivity contribution in [2.75, 3.05) is 5.32 Å². The van der Waals surface area contributed by atoms with E-state index in [-0.39, 0.29) is 27.6 Å². The third kappa shape index (κ3) is 4.90. The SMILES string of the molecule is CC(C)C(=O)Nc1ccc(Oc2c(Cl)cc(C(C)C(=O)O)cc2Cl)cc1. The Morgan fingerprint density at radius 1 is 1.04 bits per heavy atom. The van der Waals surface area contributed by atoms with Gasteiger partial charge in [-0.05, 0) is 48.9 Å². The Labute approximate surface area is 161 Å². The number of nitrogens with one attached hydrogen (secondary N) is 1. The van der Waals surface area contributed by atoms with Crippen molar-refractivity contribution in [1.82, 2.24) is 0 Å². The average molecular weight is 396 g/mol. The monoisotopic (exact) mass is 395 g/mol. The Kier molecular flexibility index (Phi) is 6.51. The molecule has 0 fully saturated rings. The number of ether oxygens (including phenoxy) is 1. The number of carbonyl (C=O) groups is 2. The number of aliphatic carboxylic acids is 1. The summed E-state index contributed by atoms with van der Waals surface area (Å²) >= 11 is 12.4. The van der Waals surface area contributed by atoms with Crippen LogP contribution in [0.4, 0.5) is 5.69 Å². The highest BCUT2D eigenvalue weighted by Crippen LogP contribution is 2.39. The maximum atomic E-state index is 11.7. The van der Waals surface area contributed by atoms with Crippen molar-refractivity contribution in [3.8, 4) is 11.5 Å². The maximum Gasteiger partial charge on any atom is 0.310 e. The molecule has 1 amide bonds. The molecule has 2 aromatic carbocycles. The van der Waals surface area contributed by atoms with Gasteiger partial charge in [0.1, 0.15) is 5.75 Å². The molecule has 0 aliphatic carbocycles. The molecule has 1 unspecified atom stereocenters. The highest BCUT2D eigenvalue weighted by atomic mass is 35.5. The summed E-state index contributed by atoms with van der Waals surface area (Å²) in [4.78, 5) is 22.8. The number of anilines is 1. The highest BCUT2D eigenvalue weighted by molar-refractivity contribution is 6.37. The van der Waals surface area contributed by atoms with E-state index in [0.29, 0.717) is 17.0 Å². The minimum absolute atomic E-state index is 0.0760. The lowest BCUT2D eigenvalue weighted by molar-refractivity contribution is -0.138. The van der Waals surface area contributed by atoms with Crippen LogP contribution in [0, 0.1) is 5.92 Å². The predicted molar refractivity (Wildman–Crippen MR) is 102 cm³/mol. The molecule has 0 aliphatic heterocycles. The average Bonchev–Trinajstić information content (AvgIpc) is 2.58. The van der Waals surface area contributed by atoms with Crippen molar-refractivity contribution in [2.24, 2.45) is 5.92 Å². The van der Waals surface area contributed by atoms with Gasteiger partial charge in [-0.15, -0.1) is 0 Å². The van der Waals surface area contributed by atoms with Gasteiger partial charge in [0.05, 0.1) is 16.0 Å². The summed E-state index contributed by atoms with van der Waals surface area (Å²) in [5, 5.41) is 12.3. The van der Waals surface area contributed by atoms with E-state index in [9.17, 15) is 9.59 Å². The smallest absolute Gasteiger partial charge is 0.310 e. The van der Waals surface area contributed by atoms with Crippen LogP contribution in [0.15, 0.2) is 36.4 Å². The second-order valence-electron chi connectivity index (χ2n) is 6.14. The first kappa shape index (κ1) is 20.1. The van der Waals surface area contributed by atoms with Gasteiger partial charge in [-0.25, -0.2) is 0 Å². The summed E-state index contributed by atoms with van der Waals surface area (Å²) < 4.78 is 5.72. The van der Waals surface area contributed by atoms with E-state index in [1.807, 2.05) is 13.8 Å². The summed E-state index contributed by atoms with van der Waals surface area (Å²) in [5.74, 6) is -1.17. The van der Waals surface area contributed by atoms with Crippen LogP contribution in [-0.2, 0) is 9.59 Å². The van der Waals surface area contributed by atoms with Crippen LogP contribution >= 0.6 is 23.2 Å². The zero-order valence-electron chi connectivity index (χ0n) is 14.5. The summed E-state index contributed by atoms with van der Waals surface area (Å²) in [5.41, 5.74) is 1.14. The molecule has 5 nitrogen and oxygen atoms in total. The molecule has 0 saturated heterocycles. The zero-order chi connectivity index (χ0) is 19.4. The Hall–Kier alpha value is -2.24. The lowest BCUT2D eigenvalue weighted by Gasteiger charge is -2.14. The molecule has 0 heterocycles. The van der Waals surface area contributed by atoms with Crippen LogP contribution in [0.1, 0.15) is 32.3 Å². The van der Waals surface area contributed by atoms with E-state index in [1.54, 1.807) is 31.2 Å². The number of hydrogen-bond acceptors (Lipinski definition) is 3. The quantitative estimate of drug-likeness (QED) is 0.670. The van der Waals surface area contributed by atoms with Gasteiger partial charge in [0, 0.05) is 11.6 Å². The van der Waals surface area contributed by atoms with Gasteiger partial charge < -0.3 is 15.2 Å². The molecule has 2 aromatic rings. The first-order chi connectivity index (χ1) is 12.2. The number of amides is 1. The van der Waals surface area contributed by atoms with Gasteiger partial charge in [-0.3, -0.25) is 9.59 Å². The molecule has 2 N–H and O–H groups in total. The Balaban J connectivity index is 2.18. The number of halogens is 2. The molecule has 0 spiro atoms. The van der Waals surface area contributed by atoms with E-state index in [1.165, 1.54) is 12.1 Å². The van der Waals surface area contributed by atoms with E-state index < -0.39 is 11.9 Å². The summed E-state index contributed by atoms with van der Waals surface area (Å²) in [6.07, 6.45) is 0. The fraction of sp³-hybridized carbons (Fsp3) is 0.263. The standard InChI is InChI=1S/C19H19Cl2NO4/c1-10(2)18(23)22-13-4-6-14(7-5-13)26-17-15(20)8-12(9-16(17)21)11(3)19(24)25/h4-11H,1-3H3,(H,22,23)(H,24,25). The lowest BCUT2D eigenvalue weighted by Crippen LogP contribution is -2.17. The van der Waals surface area contributed by atoms with E-state index >= 15 is 0 Å². The molecule has 7 heteroatoms. The van der Waals surface area contributed by atoms with Crippen molar-refractivity contribution >= 4 is 40.8 Å².